The summed E-state index contributed by atoms with van der Waals surface area (Å²) < 4.78 is 0. The molecule has 0 unspecified atom stereocenters. The van der Waals surface area contributed by atoms with E-state index >= 15 is 0 Å². The molecule has 0 amide bonds. The lowest BCUT2D eigenvalue weighted by Crippen LogP contribution is -2.28. The molecule has 276 valence electrons. The van der Waals surface area contributed by atoms with Crippen LogP contribution >= 0.6 is 0 Å². The van der Waals surface area contributed by atoms with Crippen LogP contribution < -0.4 is 4.90 Å². The first-order valence-electron chi connectivity index (χ1n) is 20.2. The third-order valence-electron chi connectivity index (χ3n) is 11.9. The van der Waals surface area contributed by atoms with E-state index in [1.165, 1.54) is 77.9 Å². The molecule has 0 saturated carbocycles. The number of hydrogen-bond acceptors (Lipinski definition) is 1. The maximum Gasteiger partial charge on any atom is 0.0714 e. The summed E-state index contributed by atoms with van der Waals surface area (Å²) >= 11 is 0. The minimum atomic E-state index is -0.512. The molecular weight excluding hydrogens is 699 g/mol. The van der Waals surface area contributed by atoms with E-state index in [4.69, 9.17) is 0 Å². The van der Waals surface area contributed by atoms with Gasteiger partial charge in [0.2, 0.25) is 0 Å². The second kappa shape index (κ2) is 14.7. The molecule has 0 saturated heterocycles. The summed E-state index contributed by atoms with van der Waals surface area (Å²) in [6, 6.07) is 82.7. The standard InChI is InChI=1S/C57H43N/c1-40-17-14-21-44(37-40)45-33-36-54(51(39-45)46-22-15-18-41(2)38-46)58(49-34-31-43(32-35-49)42-19-6-3-7-20-42)55-30-16-29-53-56(55)50-27-12-13-28-52(50)57(53,47-23-8-4-9-24-47)48-25-10-5-11-26-48/h3-39H,1-2H3. The molecular formula is C57H43N. The van der Waals surface area contributed by atoms with Gasteiger partial charge in [0.25, 0.3) is 0 Å². The predicted octanol–water partition coefficient (Wildman–Crippen LogP) is 15.1. The average Bonchev–Trinajstić information content (AvgIpc) is 3.59. The molecule has 0 aliphatic heterocycles. The Morgan fingerprint density at radius 3 is 1.50 bits per heavy atom. The number of fused-ring (bicyclic) bond motifs is 3. The molecule has 1 aliphatic carbocycles. The molecule has 9 aromatic carbocycles. The number of aryl methyl sites for hydroxylation is 2. The van der Waals surface area contributed by atoms with Crippen LogP contribution in [-0.4, -0.2) is 0 Å². The second-order valence-corrected chi connectivity index (χ2v) is 15.4. The van der Waals surface area contributed by atoms with E-state index in [-0.39, 0.29) is 0 Å². The maximum absolute atomic E-state index is 2.51. The zero-order valence-corrected chi connectivity index (χ0v) is 32.8. The molecule has 1 heteroatoms. The number of benzene rings is 9. The number of rotatable bonds is 8. The first kappa shape index (κ1) is 35.2. The van der Waals surface area contributed by atoms with Crippen LogP contribution in [0.3, 0.4) is 0 Å². The first-order chi connectivity index (χ1) is 28.6. The fourth-order valence-corrected chi connectivity index (χ4v) is 9.28. The van der Waals surface area contributed by atoms with Crippen LogP contribution in [0.1, 0.15) is 33.4 Å². The highest BCUT2D eigenvalue weighted by Gasteiger charge is 2.47. The van der Waals surface area contributed by atoms with E-state index in [0.717, 1.165) is 17.1 Å². The van der Waals surface area contributed by atoms with Gasteiger partial charge in [0.05, 0.1) is 16.8 Å². The van der Waals surface area contributed by atoms with Crippen LogP contribution in [0.5, 0.6) is 0 Å². The van der Waals surface area contributed by atoms with Gasteiger partial charge in [0.15, 0.2) is 0 Å². The van der Waals surface area contributed by atoms with E-state index in [1.807, 2.05) is 0 Å². The monoisotopic (exact) mass is 741 g/mol. The third-order valence-corrected chi connectivity index (χ3v) is 11.9. The highest BCUT2D eigenvalue weighted by molar-refractivity contribution is 6.00. The van der Waals surface area contributed by atoms with Crippen LogP contribution in [0.25, 0.3) is 44.5 Å². The zero-order chi connectivity index (χ0) is 39.1. The lowest BCUT2D eigenvalue weighted by molar-refractivity contribution is 0.768. The fraction of sp³-hybridized carbons (Fsp3) is 0.0526. The maximum atomic E-state index is 2.51. The van der Waals surface area contributed by atoms with Crippen molar-refractivity contribution in [2.75, 3.05) is 4.90 Å². The molecule has 9 aromatic rings. The largest absolute Gasteiger partial charge is 0.309 e. The van der Waals surface area contributed by atoms with Crippen molar-refractivity contribution < 1.29 is 0 Å². The van der Waals surface area contributed by atoms with Crippen LogP contribution in [0, 0.1) is 13.8 Å². The summed E-state index contributed by atoms with van der Waals surface area (Å²) in [6.45, 7) is 4.35. The van der Waals surface area contributed by atoms with Crippen molar-refractivity contribution in [2.45, 2.75) is 19.3 Å². The second-order valence-electron chi connectivity index (χ2n) is 15.4. The van der Waals surface area contributed by atoms with Gasteiger partial charge in [-0.25, -0.2) is 0 Å². The van der Waals surface area contributed by atoms with Crippen LogP contribution in [-0.2, 0) is 5.41 Å². The summed E-state index contributed by atoms with van der Waals surface area (Å²) in [5.74, 6) is 0. The van der Waals surface area contributed by atoms with E-state index in [1.54, 1.807) is 0 Å². The predicted molar refractivity (Wildman–Crippen MR) is 244 cm³/mol. The lowest BCUT2D eigenvalue weighted by atomic mass is 9.68. The molecule has 0 N–H and O–H groups in total. The minimum absolute atomic E-state index is 0.512. The Labute approximate surface area is 342 Å². The minimum Gasteiger partial charge on any atom is -0.309 e. The van der Waals surface area contributed by atoms with Gasteiger partial charge in [-0.2, -0.15) is 0 Å². The summed E-state index contributed by atoms with van der Waals surface area (Å²) in [5, 5.41) is 0. The molecule has 1 nitrogen and oxygen atoms in total. The Morgan fingerprint density at radius 2 is 0.828 bits per heavy atom. The van der Waals surface area contributed by atoms with Gasteiger partial charge in [-0.1, -0.05) is 205 Å². The van der Waals surface area contributed by atoms with Gasteiger partial charge in [0, 0.05) is 16.8 Å². The van der Waals surface area contributed by atoms with Gasteiger partial charge < -0.3 is 4.90 Å². The highest BCUT2D eigenvalue weighted by Crippen LogP contribution is 2.60. The Hall–Kier alpha value is -7.22. The van der Waals surface area contributed by atoms with Crippen LogP contribution in [0.15, 0.2) is 224 Å². The summed E-state index contributed by atoms with van der Waals surface area (Å²) in [5.41, 5.74) is 20.1. The normalized spacial score (nSPS) is 12.4. The molecule has 0 radical (unpaired) electrons. The number of nitrogens with zero attached hydrogens (tertiary/aromatic N) is 1. The van der Waals surface area contributed by atoms with Crippen LogP contribution in [0.2, 0.25) is 0 Å². The van der Waals surface area contributed by atoms with Gasteiger partial charge >= 0.3 is 0 Å². The molecule has 58 heavy (non-hydrogen) atoms. The highest BCUT2D eigenvalue weighted by atomic mass is 15.1. The number of hydrogen-bond donors (Lipinski definition) is 0. The smallest absolute Gasteiger partial charge is 0.0714 e. The Balaban J connectivity index is 1.28. The van der Waals surface area contributed by atoms with Gasteiger partial charge in [0.1, 0.15) is 0 Å². The SMILES string of the molecule is Cc1cccc(-c2ccc(N(c3ccc(-c4ccccc4)cc3)c3cccc4c3-c3ccccc3C4(c3ccccc3)c3ccccc3)c(-c3cccc(C)c3)c2)c1. The summed E-state index contributed by atoms with van der Waals surface area (Å²) in [4.78, 5) is 2.51. The average molecular weight is 742 g/mol. The van der Waals surface area contributed by atoms with E-state index in [2.05, 4.69) is 243 Å². The van der Waals surface area contributed by atoms with Crippen molar-refractivity contribution in [3.63, 3.8) is 0 Å². The van der Waals surface area contributed by atoms with Crippen molar-refractivity contribution in [2.24, 2.45) is 0 Å². The molecule has 0 heterocycles. The first-order valence-corrected chi connectivity index (χ1v) is 20.2. The zero-order valence-electron chi connectivity index (χ0n) is 32.8. The number of anilines is 3. The topological polar surface area (TPSA) is 3.24 Å². The Bertz CT molecular complexity index is 2850. The Kier molecular flexibility index (Phi) is 8.92. The molecule has 10 rings (SSSR count). The Morgan fingerprint density at radius 1 is 0.328 bits per heavy atom. The summed E-state index contributed by atoms with van der Waals surface area (Å²) in [6.07, 6.45) is 0. The van der Waals surface area contributed by atoms with E-state index < -0.39 is 5.41 Å². The molecule has 0 aromatic heterocycles. The van der Waals surface area contributed by atoms with Crippen molar-refractivity contribution >= 4 is 17.1 Å². The van der Waals surface area contributed by atoms with Crippen molar-refractivity contribution in [1.29, 1.82) is 0 Å². The van der Waals surface area contributed by atoms with Gasteiger partial charge in [-0.05, 0) is 99.8 Å². The van der Waals surface area contributed by atoms with Gasteiger partial charge in [-0.15, -0.1) is 0 Å². The van der Waals surface area contributed by atoms with Crippen molar-refractivity contribution in [1.82, 2.24) is 0 Å². The van der Waals surface area contributed by atoms with E-state index in [9.17, 15) is 0 Å². The quantitative estimate of drug-likeness (QED) is 0.150. The molecule has 0 bridgehead atoms. The van der Waals surface area contributed by atoms with Crippen molar-refractivity contribution in [3.8, 4) is 44.5 Å². The van der Waals surface area contributed by atoms with E-state index in [0.29, 0.717) is 0 Å². The lowest BCUT2D eigenvalue weighted by Gasteiger charge is -2.34. The van der Waals surface area contributed by atoms with Crippen LogP contribution in [0.4, 0.5) is 17.1 Å². The van der Waals surface area contributed by atoms with Gasteiger partial charge in [-0.3, -0.25) is 0 Å². The van der Waals surface area contributed by atoms with Crippen molar-refractivity contribution in [3.05, 3.63) is 258 Å². The molecule has 0 atom stereocenters. The fourth-order valence-electron chi connectivity index (χ4n) is 9.28. The summed E-state index contributed by atoms with van der Waals surface area (Å²) in [7, 11) is 0. The molecule has 1 aliphatic rings. The molecule has 0 fully saturated rings. The third kappa shape index (κ3) is 5.95. The molecule has 0 spiro atoms.